The van der Waals surface area contributed by atoms with Crippen LogP contribution >= 0.6 is 0 Å². The van der Waals surface area contributed by atoms with Gasteiger partial charge < -0.3 is 5.73 Å². The summed E-state index contributed by atoms with van der Waals surface area (Å²) in [7, 11) is 0. The van der Waals surface area contributed by atoms with Gasteiger partial charge in [-0.1, -0.05) is 12.8 Å². The average molecular weight is 240 g/mol. The fourth-order valence-corrected chi connectivity index (χ4v) is 2.19. The predicted molar refractivity (Wildman–Crippen MR) is 54.9 cm³/mol. The van der Waals surface area contributed by atoms with E-state index >= 15 is 0 Å². The third-order valence-corrected chi connectivity index (χ3v) is 2.90. The minimum atomic E-state index is -4.52. The van der Waals surface area contributed by atoms with Crippen LogP contribution in [-0.4, -0.2) is 43.5 Å². The van der Waals surface area contributed by atoms with Crippen molar-refractivity contribution in [3.05, 3.63) is 0 Å². The van der Waals surface area contributed by atoms with Crippen molar-refractivity contribution >= 4 is 0 Å². The molecule has 0 heterocycles. The van der Waals surface area contributed by atoms with Crippen LogP contribution in [0.3, 0.4) is 0 Å². The van der Waals surface area contributed by atoms with Crippen molar-refractivity contribution < 1.29 is 17.9 Å². The summed E-state index contributed by atoms with van der Waals surface area (Å²) in [4.78, 5) is 2.01. The Hall–Kier alpha value is -0.330. The zero-order valence-electron chi connectivity index (χ0n) is 9.30. The van der Waals surface area contributed by atoms with Gasteiger partial charge >= 0.3 is 6.36 Å². The Balaban J connectivity index is 2.27. The SMILES string of the molecule is NCCN(CCOC(F)(F)F)C1CCCC1. The minimum Gasteiger partial charge on any atom is -0.329 e. The number of ether oxygens (including phenoxy) is 1. The fourth-order valence-electron chi connectivity index (χ4n) is 2.19. The summed E-state index contributed by atoms with van der Waals surface area (Å²) in [5, 5.41) is 0. The Kier molecular flexibility index (Phi) is 5.51. The van der Waals surface area contributed by atoms with Crippen molar-refractivity contribution in [2.24, 2.45) is 5.73 Å². The van der Waals surface area contributed by atoms with Gasteiger partial charge in [0.1, 0.15) is 0 Å². The first kappa shape index (κ1) is 13.7. The molecule has 0 saturated heterocycles. The van der Waals surface area contributed by atoms with Crippen LogP contribution in [0.4, 0.5) is 13.2 Å². The van der Waals surface area contributed by atoms with E-state index in [1.54, 1.807) is 0 Å². The monoisotopic (exact) mass is 240 g/mol. The van der Waals surface area contributed by atoms with E-state index in [0.717, 1.165) is 25.7 Å². The molecule has 0 unspecified atom stereocenters. The van der Waals surface area contributed by atoms with Crippen molar-refractivity contribution in [3.63, 3.8) is 0 Å². The van der Waals surface area contributed by atoms with Gasteiger partial charge in [-0.25, -0.2) is 0 Å². The summed E-state index contributed by atoms with van der Waals surface area (Å²) in [6.07, 6.45) is -0.0835. The minimum absolute atomic E-state index is 0.306. The zero-order chi connectivity index (χ0) is 12.0. The Morgan fingerprint density at radius 3 is 2.31 bits per heavy atom. The Morgan fingerprint density at radius 1 is 1.19 bits per heavy atom. The van der Waals surface area contributed by atoms with E-state index < -0.39 is 6.36 Å². The first-order valence-corrected chi connectivity index (χ1v) is 5.68. The molecule has 0 aliphatic heterocycles. The third kappa shape index (κ3) is 5.14. The van der Waals surface area contributed by atoms with Crippen LogP contribution in [0.5, 0.6) is 0 Å². The largest absolute Gasteiger partial charge is 0.522 e. The normalized spacial score (nSPS) is 18.6. The predicted octanol–water partition coefficient (Wildman–Crippen LogP) is 1.73. The van der Waals surface area contributed by atoms with E-state index in [1.807, 2.05) is 4.90 Å². The van der Waals surface area contributed by atoms with E-state index in [2.05, 4.69) is 4.74 Å². The molecule has 16 heavy (non-hydrogen) atoms. The molecule has 1 fully saturated rings. The lowest BCUT2D eigenvalue weighted by Crippen LogP contribution is -2.40. The molecule has 0 spiro atoms. The molecule has 0 atom stereocenters. The molecule has 0 aromatic rings. The van der Waals surface area contributed by atoms with Gasteiger partial charge in [-0.3, -0.25) is 9.64 Å². The Bertz CT molecular complexity index is 193. The molecule has 6 heteroatoms. The molecular weight excluding hydrogens is 221 g/mol. The van der Waals surface area contributed by atoms with Crippen molar-refractivity contribution in [1.29, 1.82) is 0 Å². The molecule has 1 aliphatic carbocycles. The van der Waals surface area contributed by atoms with Crippen molar-refractivity contribution in [2.45, 2.75) is 38.1 Å². The van der Waals surface area contributed by atoms with Gasteiger partial charge in [0.25, 0.3) is 0 Å². The topological polar surface area (TPSA) is 38.5 Å². The standard InChI is InChI=1S/C10H19F3N2O/c11-10(12,13)16-8-7-15(6-5-14)9-3-1-2-4-9/h9H,1-8,14H2. The van der Waals surface area contributed by atoms with Crippen LogP contribution in [0.2, 0.25) is 0 Å². The molecule has 0 aromatic heterocycles. The summed E-state index contributed by atoms with van der Waals surface area (Å²) in [5.74, 6) is 0. The van der Waals surface area contributed by atoms with Crippen LogP contribution < -0.4 is 5.73 Å². The van der Waals surface area contributed by atoms with Crippen LogP contribution in [0.1, 0.15) is 25.7 Å². The zero-order valence-corrected chi connectivity index (χ0v) is 9.30. The highest BCUT2D eigenvalue weighted by Gasteiger charge is 2.29. The molecule has 2 N–H and O–H groups in total. The van der Waals surface area contributed by atoms with Crippen molar-refractivity contribution in [2.75, 3.05) is 26.2 Å². The highest BCUT2D eigenvalue weighted by atomic mass is 19.4. The second kappa shape index (κ2) is 6.42. The number of nitrogens with zero attached hydrogens (tertiary/aromatic N) is 1. The van der Waals surface area contributed by atoms with Crippen molar-refractivity contribution in [1.82, 2.24) is 4.90 Å². The van der Waals surface area contributed by atoms with Gasteiger partial charge in [-0.05, 0) is 12.8 Å². The summed E-state index contributed by atoms with van der Waals surface area (Å²) >= 11 is 0. The molecule has 1 rings (SSSR count). The molecule has 0 bridgehead atoms. The van der Waals surface area contributed by atoms with E-state index in [9.17, 15) is 13.2 Å². The first-order valence-electron chi connectivity index (χ1n) is 5.68. The van der Waals surface area contributed by atoms with E-state index in [0.29, 0.717) is 25.7 Å². The molecule has 1 aliphatic rings. The number of alkyl halides is 3. The van der Waals surface area contributed by atoms with Crippen LogP contribution in [0, 0.1) is 0 Å². The number of hydrogen-bond acceptors (Lipinski definition) is 3. The molecule has 0 amide bonds. The molecule has 96 valence electrons. The molecule has 0 radical (unpaired) electrons. The van der Waals surface area contributed by atoms with Crippen molar-refractivity contribution in [3.8, 4) is 0 Å². The van der Waals surface area contributed by atoms with E-state index in [4.69, 9.17) is 5.73 Å². The van der Waals surface area contributed by atoms with Gasteiger partial charge in [-0.15, -0.1) is 13.2 Å². The average Bonchev–Trinajstić information content (AvgIpc) is 2.67. The number of halogens is 3. The molecule has 0 aromatic carbocycles. The highest BCUT2D eigenvalue weighted by Crippen LogP contribution is 2.23. The van der Waals surface area contributed by atoms with Gasteiger partial charge in [0.2, 0.25) is 0 Å². The van der Waals surface area contributed by atoms with Gasteiger partial charge in [0.15, 0.2) is 0 Å². The quantitative estimate of drug-likeness (QED) is 0.768. The Morgan fingerprint density at radius 2 is 1.81 bits per heavy atom. The lowest BCUT2D eigenvalue weighted by Gasteiger charge is -2.28. The smallest absolute Gasteiger partial charge is 0.329 e. The summed E-state index contributed by atoms with van der Waals surface area (Å²) < 4.78 is 39.2. The number of hydrogen-bond donors (Lipinski definition) is 1. The lowest BCUT2D eigenvalue weighted by molar-refractivity contribution is -0.325. The summed E-state index contributed by atoms with van der Waals surface area (Å²) in [5.41, 5.74) is 5.45. The van der Waals surface area contributed by atoms with Crippen LogP contribution in [0.25, 0.3) is 0 Å². The number of nitrogens with two attached hydrogens (primary N) is 1. The maximum absolute atomic E-state index is 11.8. The summed E-state index contributed by atoms with van der Waals surface area (Å²) in [6, 6.07) is 0.389. The second-order valence-electron chi connectivity index (χ2n) is 4.06. The second-order valence-corrected chi connectivity index (χ2v) is 4.06. The molecular formula is C10H19F3N2O. The van der Waals surface area contributed by atoms with E-state index in [-0.39, 0.29) is 6.61 Å². The van der Waals surface area contributed by atoms with Gasteiger partial charge in [-0.2, -0.15) is 0 Å². The van der Waals surface area contributed by atoms with Gasteiger partial charge in [0, 0.05) is 25.7 Å². The van der Waals surface area contributed by atoms with E-state index in [1.165, 1.54) is 0 Å². The Labute approximate surface area is 93.7 Å². The number of rotatable bonds is 6. The maximum atomic E-state index is 11.8. The third-order valence-electron chi connectivity index (χ3n) is 2.90. The van der Waals surface area contributed by atoms with Crippen LogP contribution in [-0.2, 0) is 4.74 Å². The summed E-state index contributed by atoms with van der Waals surface area (Å²) in [6.45, 7) is 1.12. The van der Waals surface area contributed by atoms with Gasteiger partial charge in [0.05, 0.1) is 6.61 Å². The first-order chi connectivity index (χ1) is 7.53. The van der Waals surface area contributed by atoms with Crippen LogP contribution in [0.15, 0.2) is 0 Å². The highest BCUT2D eigenvalue weighted by molar-refractivity contribution is 4.77. The lowest BCUT2D eigenvalue weighted by atomic mass is 10.2. The maximum Gasteiger partial charge on any atom is 0.522 e. The fraction of sp³-hybridized carbons (Fsp3) is 1.00. The molecule has 1 saturated carbocycles. The molecule has 3 nitrogen and oxygen atoms in total.